The third-order valence-electron chi connectivity index (χ3n) is 5.13. The van der Waals surface area contributed by atoms with E-state index >= 15 is 0 Å². The molecule has 1 heteroatoms. The van der Waals surface area contributed by atoms with Crippen LogP contribution in [0.1, 0.15) is 71.4 Å². The number of nitrogens with one attached hydrogen (secondary N) is 1. The summed E-state index contributed by atoms with van der Waals surface area (Å²) in [5.41, 5.74) is 3.63. The van der Waals surface area contributed by atoms with Crippen LogP contribution in [0.3, 0.4) is 0 Å². The average molecular weight is 287 g/mol. The maximum Gasteiger partial charge on any atom is 0.00830 e. The minimum absolute atomic E-state index is 0.248. The summed E-state index contributed by atoms with van der Waals surface area (Å²) in [7, 11) is 0. The zero-order valence-electron chi connectivity index (χ0n) is 14.6. The molecule has 0 heterocycles. The first-order chi connectivity index (χ1) is 9.91. The Morgan fingerprint density at radius 2 is 1.71 bits per heavy atom. The van der Waals surface area contributed by atoms with Crippen molar-refractivity contribution in [2.45, 2.75) is 71.1 Å². The van der Waals surface area contributed by atoms with E-state index in [1.54, 1.807) is 5.56 Å². The van der Waals surface area contributed by atoms with E-state index in [4.69, 9.17) is 0 Å². The van der Waals surface area contributed by atoms with E-state index in [2.05, 4.69) is 64.2 Å². The fourth-order valence-corrected chi connectivity index (χ4v) is 3.83. The molecule has 0 saturated heterocycles. The highest BCUT2D eigenvalue weighted by Crippen LogP contribution is 2.49. The molecule has 0 amide bonds. The van der Waals surface area contributed by atoms with Gasteiger partial charge in [0.15, 0.2) is 0 Å². The number of hydrogen-bond donors (Lipinski definition) is 1. The van der Waals surface area contributed by atoms with Gasteiger partial charge in [0.1, 0.15) is 0 Å². The van der Waals surface area contributed by atoms with E-state index in [9.17, 15) is 0 Å². The Bertz CT molecular complexity index is 432. The third kappa shape index (κ3) is 3.69. The Kier molecular flexibility index (Phi) is 5.14. The Labute approximate surface area is 131 Å². The molecule has 0 spiro atoms. The SMILES string of the molecule is CCCC1CC(CNCC)(c2ccc(C(C)(C)C)cc2)C1. The molecule has 0 aromatic heterocycles. The predicted octanol–water partition coefficient (Wildman–Crippen LogP) is 5.04. The number of rotatable bonds is 6. The topological polar surface area (TPSA) is 12.0 Å². The van der Waals surface area contributed by atoms with Gasteiger partial charge in [-0.3, -0.25) is 0 Å². The van der Waals surface area contributed by atoms with Crippen molar-refractivity contribution in [1.82, 2.24) is 5.32 Å². The normalized spacial score (nSPS) is 25.7. The molecule has 0 aliphatic heterocycles. The van der Waals surface area contributed by atoms with Gasteiger partial charge < -0.3 is 5.32 Å². The van der Waals surface area contributed by atoms with Crippen molar-refractivity contribution >= 4 is 0 Å². The van der Waals surface area contributed by atoms with Crippen molar-refractivity contribution in [3.8, 4) is 0 Å². The van der Waals surface area contributed by atoms with Gasteiger partial charge in [0, 0.05) is 12.0 Å². The second-order valence-corrected chi connectivity index (χ2v) is 7.95. The van der Waals surface area contributed by atoms with E-state index in [-0.39, 0.29) is 5.41 Å². The van der Waals surface area contributed by atoms with E-state index < -0.39 is 0 Å². The molecule has 1 aliphatic carbocycles. The van der Waals surface area contributed by atoms with Gasteiger partial charge >= 0.3 is 0 Å². The highest BCUT2D eigenvalue weighted by molar-refractivity contribution is 5.34. The second-order valence-electron chi connectivity index (χ2n) is 7.95. The lowest BCUT2D eigenvalue weighted by atomic mass is 9.57. The largest absolute Gasteiger partial charge is 0.316 e. The molecule has 0 atom stereocenters. The standard InChI is InChI=1S/C20H33N/c1-6-8-16-13-20(14-16,15-21-7-2)18-11-9-17(10-12-18)19(3,4)5/h9-12,16,21H,6-8,13-15H2,1-5H3. The molecule has 1 aromatic carbocycles. The first-order valence-corrected chi connectivity index (χ1v) is 8.73. The van der Waals surface area contributed by atoms with Crippen LogP contribution in [0.4, 0.5) is 0 Å². The summed E-state index contributed by atoms with van der Waals surface area (Å²) in [5.74, 6) is 0.941. The van der Waals surface area contributed by atoms with Crippen LogP contribution in [-0.2, 0) is 10.8 Å². The minimum Gasteiger partial charge on any atom is -0.316 e. The minimum atomic E-state index is 0.248. The lowest BCUT2D eigenvalue weighted by Gasteiger charge is -2.49. The molecule has 1 nitrogen and oxygen atoms in total. The Hall–Kier alpha value is -0.820. The molecule has 0 bridgehead atoms. The number of hydrogen-bond acceptors (Lipinski definition) is 1. The van der Waals surface area contributed by atoms with Crippen molar-refractivity contribution in [2.24, 2.45) is 5.92 Å². The van der Waals surface area contributed by atoms with Crippen molar-refractivity contribution in [2.75, 3.05) is 13.1 Å². The van der Waals surface area contributed by atoms with Crippen LogP contribution in [0, 0.1) is 5.92 Å². The second kappa shape index (κ2) is 6.52. The maximum absolute atomic E-state index is 3.60. The summed E-state index contributed by atoms with van der Waals surface area (Å²) in [6.07, 6.45) is 5.45. The van der Waals surface area contributed by atoms with Gasteiger partial charge in [-0.1, -0.05) is 71.7 Å². The molecule has 0 unspecified atom stereocenters. The Balaban J connectivity index is 2.14. The van der Waals surface area contributed by atoms with Crippen molar-refractivity contribution < 1.29 is 0 Å². The van der Waals surface area contributed by atoms with Gasteiger partial charge in [0.2, 0.25) is 0 Å². The van der Waals surface area contributed by atoms with Gasteiger partial charge in [0.05, 0.1) is 0 Å². The molecule has 0 radical (unpaired) electrons. The molecule has 2 rings (SSSR count). The van der Waals surface area contributed by atoms with Crippen LogP contribution < -0.4 is 5.32 Å². The fraction of sp³-hybridized carbons (Fsp3) is 0.700. The Morgan fingerprint density at radius 3 is 2.19 bits per heavy atom. The van der Waals surface area contributed by atoms with Crippen LogP contribution in [0.25, 0.3) is 0 Å². The molecule has 21 heavy (non-hydrogen) atoms. The molecule has 1 fully saturated rings. The lowest BCUT2D eigenvalue weighted by Crippen LogP contribution is -2.48. The summed E-state index contributed by atoms with van der Waals surface area (Å²) in [5, 5.41) is 3.60. The molecule has 1 saturated carbocycles. The van der Waals surface area contributed by atoms with Gasteiger partial charge in [-0.2, -0.15) is 0 Å². The first-order valence-electron chi connectivity index (χ1n) is 8.73. The summed E-state index contributed by atoms with van der Waals surface area (Å²) in [4.78, 5) is 0. The van der Waals surface area contributed by atoms with Crippen molar-refractivity contribution in [3.63, 3.8) is 0 Å². The van der Waals surface area contributed by atoms with Gasteiger partial charge in [-0.05, 0) is 41.8 Å². The van der Waals surface area contributed by atoms with Crippen LogP contribution in [0.15, 0.2) is 24.3 Å². The molecule has 118 valence electrons. The van der Waals surface area contributed by atoms with Gasteiger partial charge in [0.25, 0.3) is 0 Å². The monoisotopic (exact) mass is 287 g/mol. The molecule has 1 aliphatic rings. The fourth-order valence-electron chi connectivity index (χ4n) is 3.83. The quantitative estimate of drug-likeness (QED) is 0.772. The van der Waals surface area contributed by atoms with Crippen LogP contribution in [-0.4, -0.2) is 13.1 Å². The summed E-state index contributed by atoms with van der Waals surface area (Å²) < 4.78 is 0. The maximum atomic E-state index is 3.60. The highest BCUT2D eigenvalue weighted by Gasteiger charge is 2.44. The lowest BCUT2D eigenvalue weighted by molar-refractivity contribution is 0.129. The molecular weight excluding hydrogens is 254 g/mol. The highest BCUT2D eigenvalue weighted by atomic mass is 14.9. The smallest absolute Gasteiger partial charge is 0.00830 e. The van der Waals surface area contributed by atoms with Crippen molar-refractivity contribution in [1.29, 1.82) is 0 Å². The molecular formula is C20H33N. The van der Waals surface area contributed by atoms with Gasteiger partial charge in [-0.25, -0.2) is 0 Å². The van der Waals surface area contributed by atoms with Crippen LogP contribution >= 0.6 is 0 Å². The zero-order valence-corrected chi connectivity index (χ0v) is 14.6. The van der Waals surface area contributed by atoms with E-state index in [1.807, 2.05) is 0 Å². The number of benzene rings is 1. The Morgan fingerprint density at radius 1 is 1.10 bits per heavy atom. The van der Waals surface area contributed by atoms with Crippen LogP contribution in [0.5, 0.6) is 0 Å². The zero-order chi connectivity index (χ0) is 15.5. The third-order valence-corrected chi connectivity index (χ3v) is 5.13. The summed E-state index contributed by atoms with van der Waals surface area (Å²) in [6, 6.07) is 9.46. The first kappa shape index (κ1) is 16.5. The van der Waals surface area contributed by atoms with Crippen molar-refractivity contribution in [3.05, 3.63) is 35.4 Å². The summed E-state index contributed by atoms with van der Waals surface area (Å²) >= 11 is 0. The average Bonchev–Trinajstić information content (AvgIpc) is 2.40. The van der Waals surface area contributed by atoms with Crippen LogP contribution in [0.2, 0.25) is 0 Å². The van der Waals surface area contributed by atoms with E-state index in [1.165, 1.54) is 31.2 Å². The molecule has 1 aromatic rings. The summed E-state index contributed by atoms with van der Waals surface area (Å²) in [6.45, 7) is 13.6. The van der Waals surface area contributed by atoms with Gasteiger partial charge in [-0.15, -0.1) is 0 Å². The van der Waals surface area contributed by atoms with E-state index in [0.717, 1.165) is 19.0 Å². The predicted molar refractivity (Wildman–Crippen MR) is 93.0 cm³/mol. The number of likely N-dealkylation sites (N-methyl/N-ethyl adjacent to an activating group) is 1. The van der Waals surface area contributed by atoms with E-state index in [0.29, 0.717) is 5.41 Å². The molecule has 1 N–H and O–H groups in total.